The van der Waals surface area contributed by atoms with Crippen LogP contribution >= 0.6 is 0 Å². The standard InChI is InChI=1S/C8H4N2O.C6H6/c1-2-7-10-8-6(11-7)4-3-5-9-8;1-2-4-6-5-3-1/h1,3-5H;1-6H. The Morgan fingerprint density at radius 3 is 2.18 bits per heavy atom. The topological polar surface area (TPSA) is 38.9 Å². The molecule has 0 atom stereocenters. The average Bonchev–Trinajstić information content (AvgIpc) is 2.84. The maximum Gasteiger partial charge on any atom is 0.275 e. The minimum Gasteiger partial charge on any atom is -0.428 e. The van der Waals surface area contributed by atoms with Gasteiger partial charge >= 0.3 is 0 Å². The predicted molar refractivity (Wildman–Crippen MR) is 66.2 cm³/mol. The Hall–Kier alpha value is -2.60. The molecule has 3 heteroatoms. The summed E-state index contributed by atoms with van der Waals surface area (Å²) in [5.41, 5.74) is 1.18. The summed E-state index contributed by atoms with van der Waals surface area (Å²) in [6, 6.07) is 15.5. The highest BCUT2D eigenvalue weighted by Crippen LogP contribution is 2.10. The second kappa shape index (κ2) is 5.47. The van der Waals surface area contributed by atoms with E-state index in [1.807, 2.05) is 36.4 Å². The van der Waals surface area contributed by atoms with Gasteiger partial charge in [-0.3, -0.25) is 0 Å². The molecule has 0 fully saturated rings. The second-order valence-corrected chi connectivity index (χ2v) is 3.14. The first-order valence-corrected chi connectivity index (χ1v) is 5.08. The molecule has 2 heterocycles. The van der Waals surface area contributed by atoms with E-state index in [2.05, 4.69) is 15.9 Å². The van der Waals surface area contributed by atoms with Crippen molar-refractivity contribution in [2.24, 2.45) is 0 Å². The van der Waals surface area contributed by atoms with Gasteiger partial charge in [-0.2, -0.15) is 4.98 Å². The summed E-state index contributed by atoms with van der Waals surface area (Å²) in [5.74, 6) is 2.58. The quantitative estimate of drug-likeness (QED) is 0.549. The Labute approximate surface area is 99.1 Å². The molecule has 2 aromatic heterocycles. The van der Waals surface area contributed by atoms with Gasteiger partial charge in [-0.15, -0.1) is 6.42 Å². The molecule has 82 valence electrons. The van der Waals surface area contributed by atoms with Crippen LogP contribution in [0.25, 0.3) is 11.2 Å². The van der Waals surface area contributed by atoms with Gasteiger partial charge in [0.1, 0.15) is 0 Å². The van der Waals surface area contributed by atoms with Gasteiger partial charge in [0, 0.05) is 6.20 Å². The van der Waals surface area contributed by atoms with Gasteiger partial charge in [-0.25, -0.2) is 4.98 Å². The molecule has 3 rings (SSSR count). The highest BCUT2D eigenvalue weighted by Gasteiger charge is 2.01. The Balaban J connectivity index is 0.000000153. The molecule has 0 saturated heterocycles. The first kappa shape index (κ1) is 10.9. The van der Waals surface area contributed by atoms with E-state index in [1.165, 1.54) is 0 Å². The lowest BCUT2D eigenvalue weighted by molar-refractivity contribution is 0.586. The summed E-state index contributed by atoms with van der Waals surface area (Å²) in [7, 11) is 0. The number of terminal acetylenes is 1. The third-order valence-electron chi connectivity index (χ3n) is 1.96. The van der Waals surface area contributed by atoms with Crippen LogP contribution in [0.1, 0.15) is 5.89 Å². The lowest BCUT2D eigenvalue weighted by Crippen LogP contribution is -1.73. The van der Waals surface area contributed by atoms with Crippen molar-refractivity contribution in [2.75, 3.05) is 0 Å². The highest BCUT2D eigenvalue weighted by molar-refractivity contribution is 5.67. The van der Waals surface area contributed by atoms with Gasteiger partial charge in [0.2, 0.25) is 0 Å². The summed E-state index contributed by atoms with van der Waals surface area (Å²) in [4.78, 5) is 7.87. The summed E-state index contributed by atoms with van der Waals surface area (Å²) < 4.78 is 5.11. The molecule has 0 aliphatic carbocycles. The molecular weight excluding hydrogens is 212 g/mol. The minimum absolute atomic E-state index is 0.277. The molecule has 1 aromatic carbocycles. The first-order chi connectivity index (χ1) is 8.40. The van der Waals surface area contributed by atoms with Crippen LogP contribution in [-0.4, -0.2) is 9.97 Å². The summed E-state index contributed by atoms with van der Waals surface area (Å²) in [5, 5.41) is 0. The fourth-order valence-electron chi connectivity index (χ4n) is 1.22. The number of rotatable bonds is 0. The van der Waals surface area contributed by atoms with E-state index in [4.69, 9.17) is 10.8 Å². The van der Waals surface area contributed by atoms with Crippen LogP contribution in [0, 0.1) is 12.3 Å². The molecule has 3 aromatic rings. The van der Waals surface area contributed by atoms with Crippen molar-refractivity contribution in [3.05, 3.63) is 60.6 Å². The number of nitrogens with zero attached hydrogens (tertiary/aromatic N) is 2. The van der Waals surface area contributed by atoms with Gasteiger partial charge in [0.05, 0.1) is 0 Å². The lowest BCUT2D eigenvalue weighted by atomic mass is 10.4. The molecule has 3 nitrogen and oxygen atoms in total. The Morgan fingerprint density at radius 2 is 1.65 bits per heavy atom. The van der Waals surface area contributed by atoms with Gasteiger partial charge in [-0.05, 0) is 18.1 Å². The largest absolute Gasteiger partial charge is 0.428 e. The summed E-state index contributed by atoms with van der Waals surface area (Å²) in [6.45, 7) is 0. The Bertz CT molecular complexity index is 564. The van der Waals surface area contributed by atoms with Crippen LogP contribution in [0.3, 0.4) is 0 Å². The smallest absolute Gasteiger partial charge is 0.275 e. The van der Waals surface area contributed by atoms with Crippen molar-refractivity contribution in [1.29, 1.82) is 0 Å². The Kier molecular flexibility index (Phi) is 3.51. The maximum absolute atomic E-state index is 5.11. The van der Waals surface area contributed by atoms with Crippen LogP contribution in [0.15, 0.2) is 59.1 Å². The molecule has 0 spiro atoms. The molecule has 0 bridgehead atoms. The van der Waals surface area contributed by atoms with Crippen molar-refractivity contribution >= 4 is 11.2 Å². The van der Waals surface area contributed by atoms with E-state index in [0.717, 1.165) is 0 Å². The van der Waals surface area contributed by atoms with Crippen molar-refractivity contribution in [3.8, 4) is 12.3 Å². The predicted octanol–water partition coefficient (Wildman–Crippen LogP) is 2.89. The Morgan fingerprint density at radius 1 is 1.00 bits per heavy atom. The zero-order valence-corrected chi connectivity index (χ0v) is 9.08. The summed E-state index contributed by atoms with van der Waals surface area (Å²) >= 11 is 0. The number of oxazole rings is 1. The normalized spacial score (nSPS) is 9.12. The molecular formula is C14H10N2O. The molecule has 0 aliphatic rings. The number of pyridine rings is 1. The SMILES string of the molecule is C#Cc1nc2ncccc2o1.c1ccccc1. The van der Waals surface area contributed by atoms with Gasteiger partial charge in [0.15, 0.2) is 11.2 Å². The number of aromatic nitrogens is 2. The van der Waals surface area contributed by atoms with Crippen molar-refractivity contribution in [2.45, 2.75) is 0 Å². The third-order valence-corrected chi connectivity index (χ3v) is 1.96. The van der Waals surface area contributed by atoms with Crippen LogP contribution in [0.4, 0.5) is 0 Å². The molecule has 0 radical (unpaired) electrons. The monoisotopic (exact) mass is 222 g/mol. The van der Waals surface area contributed by atoms with E-state index in [0.29, 0.717) is 11.2 Å². The van der Waals surface area contributed by atoms with E-state index in [1.54, 1.807) is 18.3 Å². The van der Waals surface area contributed by atoms with Crippen molar-refractivity contribution in [3.63, 3.8) is 0 Å². The fourth-order valence-corrected chi connectivity index (χ4v) is 1.22. The molecule has 0 N–H and O–H groups in total. The van der Waals surface area contributed by atoms with Gasteiger partial charge in [-0.1, -0.05) is 36.4 Å². The van der Waals surface area contributed by atoms with Crippen LogP contribution in [0.5, 0.6) is 0 Å². The number of hydrogen-bond acceptors (Lipinski definition) is 3. The molecule has 17 heavy (non-hydrogen) atoms. The van der Waals surface area contributed by atoms with E-state index < -0.39 is 0 Å². The zero-order valence-electron chi connectivity index (χ0n) is 9.08. The third kappa shape index (κ3) is 2.93. The van der Waals surface area contributed by atoms with Crippen molar-refractivity contribution < 1.29 is 4.42 Å². The average molecular weight is 222 g/mol. The molecule has 0 saturated carbocycles. The maximum atomic E-state index is 5.11. The van der Waals surface area contributed by atoms with Crippen LogP contribution in [0.2, 0.25) is 0 Å². The van der Waals surface area contributed by atoms with Gasteiger partial charge in [0.25, 0.3) is 5.89 Å². The molecule has 0 aliphatic heterocycles. The van der Waals surface area contributed by atoms with E-state index in [9.17, 15) is 0 Å². The molecule has 0 amide bonds. The first-order valence-electron chi connectivity index (χ1n) is 5.08. The van der Waals surface area contributed by atoms with Crippen molar-refractivity contribution in [1.82, 2.24) is 9.97 Å². The second-order valence-electron chi connectivity index (χ2n) is 3.14. The molecule has 0 unspecified atom stereocenters. The van der Waals surface area contributed by atoms with Crippen LogP contribution < -0.4 is 0 Å². The van der Waals surface area contributed by atoms with Crippen LogP contribution in [-0.2, 0) is 0 Å². The fraction of sp³-hybridized carbons (Fsp3) is 0. The van der Waals surface area contributed by atoms with E-state index in [-0.39, 0.29) is 5.89 Å². The minimum atomic E-state index is 0.277. The zero-order chi connectivity index (χ0) is 11.9. The summed E-state index contributed by atoms with van der Waals surface area (Å²) in [6.07, 6.45) is 6.72. The highest BCUT2D eigenvalue weighted by atomic mass is 16.3. The van der Waals surface area contributed by atoms with Gasteiger partial charge < -0.3 is 4.42 Å². The lowest BCUT2D eigenvalue weighted by Gasteiger charge is -1.78. The number of benzene rings is 1. The number of fused-ring (bicyclic) bond motifs is 1. The van der Waals surface area contributed by atoms with E-state index >= 15 is 0 Å². The number of hydrogen-bond donors (Lipinski definition) is 0.